The summed E-state index contributed by atoms with van der Waals surface area (Å²) in [7, 11) is 1.41. The highest BCUT2D eigenvalue weighted by Crippen LogP contribution is 2.30. The molecule has 0 spiro atoms. The van der Waals surface area contributed by atoms with E-state index in [1.54, 1.807) is 35.3 Å². The van der Waals surface area contributed by atoms with Crippen LogP contribution in [0.3, 0.4) is 0 Å². The minimum Gasteiger partial charge on any atom is -0.755 e. The summed E-state index contributed by atoms with van der Waals surface area (Å²) in [6.45, 7) is 6.30. The van der Waals surface area contributed by atoms with Gasteiger partial charge in [-0.25, -0.2) is 9.97 Å². The number of nitrogens with one attached hydrogen (secondary N) is 1. The summed E-state index contributed by atoms with van der Waals surface area (Å²) in [5.41, 5.74) is 2.16. The van der Waals surface area contributed by atoms with Crippen molar-refractivity contribution in [3.63, 3.8) is 0 Å². The lowest BCUT2D eigenvalue weighted by molar-refractivity contribution is 0.150. The molecule has 1 aromatic carbocycles. The van der Waals surface area contributed by atoms with E-state index in [-0.39, 0.29) is 23.2 Å². The summed E-state index contributed by atoms with van der Waals surface area (Å²) in [5.74, 6) is 0.163. The van der Waals surface area contributed by atoms with Crippen LogP contribution in [0.2, 0.25) is 0 Å². The highest BCUT2D eigenvalue weighted by Gasteiger charge is 2.23. The van der Waals surface area contributed by atoms with Gasteiger partial charge in [0.05, 0.1) is 24.3 Å². The molecule has 1 unspecified atom stereocenters. The lowest BCUT2D eigenvalue weighted by Crippen LogP contribution is -2.40. The Kier molecular flexibility index (Phi) is 6.54. The molecule has 1 aliphatic heterocycles. The first-order valence-electron chi connectivity index (χ1n) is 10.5. The molecule has 3 aromatic rings. The van der Waals surface area contributed by atoms with E-state index in [0.717, 1.165) is 31.5 Å². The topological polar surface area (TPSA) is 112 Å². The van der Waals surface area contributed by atoms with Gasteiger partial charge in [0.25, 0.3) is 5.56 Å². The number of fused-ring (bicyclic) bond motifs is 1. The number of hydrogen-bond donors (Lipinski definition) is 1. The zero-order valence-electron chi connectivity index (χ0n) is 18.3. The number of piperidine rings is 1. The molecule has 0 amide bonds. The summed E-state index contributed by atoms with van der Waals surface area (Å²) in [6, 6.07) is 7.67. The molecule has 170 valence electrons. The number of benzene rings is 1. The second-order valence-electron chi connectivity index (χ2n) is 8.17. The largest absolute Gasteiger partial charge is 0.755 e. The SMILES string of the molecule is COc1ncc(-c2ccc3ncn(C4CCN(C(C)C)CC4)c(=O)c3c2)cc1NS(=O)[O-]. The Morgan fingerprint density at radius 2 is 1.94 bits per heavy atom. The van der Waals surface area contributed by atoms with Crippen LogP contribution in [-0.4, -0.2) is 54.4 Å². The quantitative estimate of drug-likeness (QED) is 0.568. The fourth-order valence-electron chi connectivity index (χ4n) is 4.19. The van der Waals surface area contributed by atoms with Gasteiger partial charge in [-0.15, -0.1) is 0 Å². The number of nitrogens with zero attached hydrogens (tertiary/aromatic N) is 4. The van der Waals surface area contributed by atoms with Crippen molar-refractivity contribution in [3.05, 3.63) is 47.1 Å². The fraction of sp³-hybridized carbons (Fsp3) is 0.409. The number of pyridine rings is 1. The summed E-state index contributed by atoms with van der Waals surface area (Å²) in [6.07, 6.45) is 5.06. The molecule has 1 aliphatic rings. The first-order chi connectivity index (χ1) is 15.4. The molecule has 1 atom stereocenters. The second kappa shape index (κ2) is 9.35. The number of hydrogen-bond acceptors (Lipinski definition) is 7. The van der Waals surface area contributed by atoms with Gasteiger partial charge >= 0.3 is 0 Å². The third-order valence-electron chi connectivity index (χ3n) is 5.98. The molecule has 0 saturated carbocycles. The van der Waals surface area contributed by atoms with Gasteiger partial charge in [-0.1, -0.05) is 6.07 Å². The highest BCUT2D eigenvalue weighted by atomic mass is 32.2. The van der Waals surface area contributed by atoms with Crippen LogP contribution in [0.4, 0.5) is 5.69 Å². The van der Waals surface area contributed by atoms with Gasteiger partial charge < -0.3 is 18.9 Å². The van der Waals surface area contributed by atoms with Crippen LogP contribution in [0.15, 0.2) is 41.6 Å². The zero-order chi connectivity index (χ0) is 22.8. The number of anilines is 1. The van der Waals surface area contributed by atoms with Crippen LogP contribution in [0.25, 0.3) is 22.0 Å². The van der Waals surface area contributed by atoms with Crippen molar-refractivity contribution < 1.29 is 13.5 Å². The summed E-state index contributed by atoms with van der Waals surface area (Å²) < 4.78 is 31.4. The molecule has 32 heavy (non-hydrogen) atoms. The van der Waals surface area contributed by atoms with Gasteiger partial charge in [-0.2, -0.15) is 0 Å². The number of likely N-dealkylation sites (tertiary alicyclic amines) is 1. The van der Waals surface area contributed by atoms with Gasteiger partial charge in [0.2, 0.25) is 5.88 Å². The van der Waals surface area contributed by atoms with Gasteiger partial charge in [0.15, 0.2) is 0 Å². The second-order valence-corrected chi connectivity index (χ2v) is 8.84. The van der Waals surface area contributed by atoms with E-state index in [4.69, 9.17) is 4.74 Å². The van der Waals surface area contributed by atoms with Gasteiger partial charge in [0, 0.05) is 48.2 Å². The van der Waals surface area contributed by atoms with Crippen molar-refractivity contribution >= 4 is 27.9 Å². The first-order valence-corrected chi connectivity index (χ1v) is 11.6. The van der Waals surface area contributed by atoms with Crippen molar-refractivity contribution in [1.82, 2.24) is 19.4 Å². The number of methoxy groups -OCH3 is 1. The third kappa shape index (κ3) is 4.52. The van der Waals surface area contributed by atoms with E-state index in [1.807, 2.05) is 6.07 Å². The molecule has 1 fully saturated rings. The fourth-order valence-corrected chi connectivity index (χ4v) is 4.52. The lowest BCUT2D eigenvalue weighted by atomic mass is 10.0. The monoisotopic (exact) mass is 456 g/mol. The summed E-state index contributed by atoms with van der Waals surface area (Å²) in [5, 5.41) is 0.522. The lowest BCUT2D eigenvalue weighted by Gasteiger charge is -2.35. The Morgan fingerprint density at radius 1 is 1.19 bits per heavy atom. The maximum Gasteiger partial charge on any atom is 0.261 e. The van der Waals surface area contributed by atoms with Gasteiger partial charge in [0.1, 0.15) is 5.69 Å². The van der Waals surface area contributed by atoms with Gasteiger partial charge in [-0.05, 0) is 50.5 Å². The Labute approximate surface area is 188 Å². The first kappa shape index (κ1) is 22.4. The molecule has 9 nitrogen and oxygen atoms in total. The average Bonchev–Trinajstić information content (AvgIpc) is 2.79. The minimum atomic E-state index is -2.52. The van der Waals surface area contributed by atoms with E-state index in [9.17, 15) is 13.6 Å². The Balaban J connectivity index is 1.69. The van der Waals surface area contributed by atoms with Crippen LogP contribution < -0.4 is 15.0 Å². The number of aromatic nitrogens is 3. The molecule has 3 heterocycles. The molecular formula is C22H26N5O4S-. The van der Waals surface area contributed by atoms with Crippen molar-refractivity contribution in [1.29, 1.82) is 0 Å². The zero-order valence-corrected chi connectivity index (χ0v) is 19.1. The molecule has 2 aromatic heterocycles. The maximum atomic E-state index is 13.3. The van der Waals surface area contributed by atoms with Crippen LogP contribution in [-0.2, 0) is 11.3 Å². The smallest absolute Gasteiger partial charge is 0.261 e. The maximum absolute atomic E-state index is 13.3. The Hall–Kier alpha value is -2.82. The summed E-state index contributed by atoms with van der Waals surface area (Å²) in [4.78, 5) is 24.4. The molecule has 1 N–H and O–H groups in total. The molecule has 0 aliphatic carbocycles. The predicted octanol–water partition coefficient (Wildman–Crippen LogP) is 2.72. The van der Waals surface area contributed by atoms with Crippen LogP contribution >= 0.6 is 0 Å². The van der Waals surface area contributed by atoms with E-state index in [2.05, 4.69) is 33.4 Å². The molecule has 0 radical (unpaired) electrons. The number of rotatable bonds is 6. The Morgan fingerprint density at radius 3 is 2.59 bits per heavy atom. The highest BCUT2D eigenvalue weighted by molar-refractivity contribution is 7.80. The molecule has 4 rings (SSSR count). The van der Waals surface area contributed by atoms with Crippen molar-refractivity contribution in [2.45, 2.75) is 38.8 Å². The average molecular weight is 457 g/mol. The van der Waals surface area contributed by atoms with Crippen LogP contribution in [0.5, 0.6) is 5.88 Å². The molecule has 10 heteroatoms. The van der Waals surface area contributed by atoms with E-state index < -0.39 is 11.3 Å². The molecular weight excluding hydrogens is 430 g/mol. The third-order valence-corrected chi connectivity index (χ3v) is 6.36. The standard InChI is InChI=1S/C22H27N5O4S/c1-14(2)26-8-6-17(7-9-26)27-13-24-19-5-4-15(10-18(19)22(27)28)16-11-20(25-32(29)30)21(31-3)23-12-16/h4-5,10-14,17,25H,6-9H2,1-3H3,(H,29,30)/p-1. The van der Waals surface area contributed by atoms with E-state index in [0.29, 0.717) is 22.5 Å². The Bertz CT molecular complexity index is 1200. The van der Waals surface area contributed by atoms with Gasteiger partial charge in [-0.3, -0.25) is 13.6 Å². The van der Waals surface area contributed by atoms with Crippen molar-refractivity contribution in [2.75, 3.05) is 24.9 Å². The van der Waals surface area contributed by atoms with Crippen LogP contribution in [0.1, 0.15) is 32.7 Å². The summed E-state index contributed by atoms with van der Waals surface area (Å²) >= 11 is -2.52. The van der Waals surface area contributed by atoms with Crippen LogP contribution in [0, 0.1) is 0 Å². The minimum absolute atomic E-state index is 0.0691. The van der Waals surface area contributed by atoms with Crippen molar-refractivity contribution in [3.8, 4) is 17.0 Å². The van der Waals surface area contributed by atoms with E-state index >= 15 is 0 Å². The molecule has 1 saturated heterocycles. The van der Waals surface area contributed by atoms with Crippen molar-refractivity contribution in [2.24, 2.45) is 0 Å². The normalized spacial score (nSPS) is 16.4. The number of ether oxygens (including phenoxy) is 1. The van der Waals surface area contributed by atoms with E-state index in [1.165, 1.54) is 7.11 Å². The molecule has 0 bridgehead atoms. The predicted molar refractivity (Wildman–Crippen MR) is 123 cm³/mol.